The first-order valence-electron chi connectivity index (χ1n) is 8.17. The summed E-state index contributed by atoms with van der Waals surface area (Å²) < 4.78 is 0.668. The van der Waals surface area contributed by atoms with E-state index in [0.29, 0.717) is 26.3 Å². The van der Waals surface area contributed by atoms with E-state index in [-0.39, 0.29) is 11.7 Å². The molecule has 0 unspecified atom stereocenters. The maximum Gasteiger partial charge on any atom is 0.248 e. The van der Waals surface area contributed by atoms with Gasteiger partial charge in [0.15, 0.2) is 5.78 Å². The fourth-order valence-electron chi connectivity index (χ4n) is 2.48. The van der Waals surface area contributed by atoms with Gasteiger partial charge in [-0.2, -0.15) is 0 Å². The lowest BCUT2D eigenvalue weighted by atomic mass is 10.0. The normalized spacial score (nSPS) is 10.7. The molecule has 5 heteroatoms. The van der Waals surface area contributed by atoms with E-state index in [1.54, 1.807) is 42.5 Å². The molecule has 0 spiro atoms. The summed E-state index contributed by atoms with van der Waals surface area (Å²) in [7, 11) is 0. The zero-order valence-corrected chi connectivity index (χ0v) is 16.5. The number of anilines is 1. The van der Waals surface area contributed by atoms with Gasteiger partial charge in [0.2, 0.25) is 5.91 Å². The fraction of sp³-hybridized carbons (Fsp3) is 0. The van der Waals surface area contributed by atoms with E-state index < -0.39 is 0 Å². The van der Waals surface area contributed by atoms with Gasteiger partial charge in [-0.05, 0) is 35.9 Å². The molecule has 0 radical (unpaired) electrons. The van der Waals surface area contributed by atoms with Crippen LogP contribution in [0.5, 0.6) is 0 Å². The highest BCUT2D eigenvalue weighted by Crippen LogP contribution is 2.24. The van der Waals surface area contributed by atoms with Crippen LogP contribution in [0, 0.1) is 0 Å². The van der Waals surface area contributed by atoms with Crippen LogP contribution >= 0.6 is 27.5 Å². The van der Waals surface area contributed by atoms with Gasteiger partial charge in [-0.15, -0.1) is 0 Å². The molecule has 0 atom stereocenters. The van der Waals surface area contributed by atoms with Crippen LogP contribution in [-0.2, 0) is 4.79 Å². The summed E-state index contributed by atoms with van der Waals surface area (Å²) in [5.74, 6) is -0.430. The molecule has 3 nitrogen and oxygen atoms in total. The monoisotopic (exact) mass is 439 g/mol. The van der Waals surface area contributed by atoms with Gasteiger partial charge in [-0.25, -0.2) is 0 Å². The molecule has 0 aliphatic rings. The van der Waals surface area contributed by atoms with Crippen molar-refractivity contribution in [3.63, 3.8) is 0 Å². The highest BCUT2D eigenvalue weighted by Gasteiger charge is 2.13. The molecule has 27 heavy (non-hydrogen) atoms. The number of carbonyl (C=O) groups is 2. The standard InChI is InChI=1S/C22H15BrClNO2/c23-19-12-11-17(14-18(19)22(27)16-7-2-1-3-8-16)25-21(26)13-10-15-6-4-5-9-20(15)24/h1-14H,(H,25,26). The Kier molecular flexibility index (Phi) is 6.22. The molecule has 0 saturated carbocycles. The number of amides is 1. The molecule has 1 amide bonds. The molecule has 0 fully saturated rings. The smallest absolute Gasteiger partial charge is 0.248 e. The molecule has 0 aromatic heterocycles. The van der Waals surface area contributed by atoms with Crippen LogP contribution in [0.4, 0.5) is 5.69 Å². The van der Waals surface area contributed by atoms with Crippen LogP contribution in [0.15, 0.2) is 83.3 Å². The molecule has 0 aliphatic heterocycles. The molecule has 3 aromatic carbocycles. The van der Waals surface area contributed by atoms with Crippen molar-refractivity contribution in [3.05, 3.63) is 105 Å². The minimum absolute atomic E-state index is 0.120. The Hall–Kier alpha value is -2.69. The molecule has 0 saturated heterocycles. The van der Waals surface area contributed by atoms with Crippen molar-refractivity contribution in [3.8, 4) is 0 Å². The summed E-state index contributed by atoms with van der Waals surface area (Å²) in [5.41, 5.74) is 2.35. The van der Waals surface area contributed by atoms with E-state index >= 15 is 0 Å². The molecule has 0 bridgehead atoms. The van der Waals surface area contributed by atoms with Gasteiger partial charge >= 0.3 is 0 Å². The van der Waals surface area contributed by atoms with Crippen molar-refractivity contribution in [1.82, 2.24) is 0 Å². The summed E-state index contributed by atoms with van der Waals surface area (Å²) in [6, 6.07) is 21.4. The minimum Gasteiger partial charge on any atom is -0.322 e. The third-order valence-electron chi connectivity index (χ3n) is 3.83. The van der Waals surface area contributed by atoms with Gasteiger partial charge in [0.05, 0.1) is 0 Å². The Morgan fingerprint density at radius 2 is 1.63 bits per heavy atom. The number of benzene rings is 3. The first-order valence-corrected chi connectivity index (χ1v) is 9.34. The second kappa shape index (κ2) is 8.80. The maximum absolute atomic E-state index is 12.7. The number of halogens is 2. The third-order valence-corrected chi connectivity index (χ3v) is 4.87. The van der Waals surface area contributed by atoms with E-state index in [1.165, 1.54) is 6.08 Å². The van der Waals surface area contributed by atoms with Crippen LogP contribution in [0.1, 0.15) is 21.5 Å². The highest BCUT2D eigenvalue weighted by molar-refractivity contribution is 9.10. The van der Waals surface area contributed by atoms with Gasteiger partial charge in [-0.1, -0.05) is 76.1 Å². The van der Waals surface area contributed by atoms with Crippen molar-refractivity contribution in [1.29, 1.82) is 0 Å². The predicted molar refractivity (Wildman–Crippen MR) is 113 cm³/mol. The molecule has 3 rings (SSSR count). The van der Waals surface area contributed by atoms with Crippen molar-refractivity contribution < 1.29 is 9.59 Å². The Bertz CT molecular complexity index is 1020. The van der Waals surface area contributed by atoms with Gasteiger partial charge in [0.1, 0.15) is 0 Å². The number of hydrogen-bond donors (Lipinski definition) is 1. The lowest BCUT2D eigenvalue weighted by molar-refractivity contribution is -0.111. The second-order valence-electron chi connectivity index (χ2n) is 5.73. The quantitative estimate of drug-likeness (QED) is 0.391. The lowest BCUT2D eigenvalue weighted by Crippen LogP contribution is -2.09. The van der Waals surface area contributed by atoms with E-state index in [9.17, 15) is 9.59 Å². The molecular weight excluding hydrogens is 426 g/mol. The van der Waals surface area contributed by atoms with Crippen LogP contribution < -0.4 is 5.32 Å². The average Bonchev–Trinajstić information content (AvgIpc) is 2.69. The zero-order valence-electron chi connectivity index (χ0n) is 14.2. The van der Waals surface area contributed by atoms with E-state index in [1.807, 2.05) is 36.4 Å². The Balaban J connectivity index is 1.77. The van der Waals surface area contributed by atoms with Crippen LogP contribution in [0.25, 0.3) is 6.08 Å². The Morgan fingerprint density at radius 3 is 2.37 bits per heavy atom. The van der Waals surface area contributed by atoms with Gasteiger partial charge < -0.3 is 5.32 Å². The van der Waals surface area contributed by atoms with Crippen LogP contribution in [0.3, 0.4) is 0 Å². The van der Waals surface area contributed by atoms with Crippen LogP contribution in [0.2, 0.25) is 5.02 Å². The number of nitrogens with one attached hydrogen (secondary N) is 1. The molecule has 134 valence electrons. The summed E-state index contributed by atoms with van der Waals surface area (Å²) in [6.45, 7) is 0. The van der Waals surface area contributed by atoms with Crippen LogP contribution in [-0.4, -0.2) is 11.7 Å². The van der Waals surface area contributed by atoms with E-state index in [4.69, 9.17) is 11.6 Å². The van der Waals surface area contributed by atoms with Gasteiger partial charge in [0.25, 0.3) is 0 Å². The highest BCUT2D eigenvalue weighted by atomic mass is 79.9. The lowest BCUT2D eigenvalue weighted by Gasteiger charge is -2.08. The SMILES string of the molecule is O=C(C=Cc1ccccc1Cl)Nc1ccc(Br)c(C(=O)c2ccccc2)c1. The van der Waals surface area contributed by atoms with Crippen molar-refractivity contribution in [2.24, 2.45) is 0 Å². The van der Waals surface area contributed by atoms with E-state index in [0.717, 1.165) is 5.56 Å². The average molecular weight is 441 g/mol. The summed E-state index contributed by atoms with van der Waals surface area (Å²) in [4.78, 5) is 24.9. The number of hydrogen-bond acceptors (Lipinski definition) is 2. The molecule has 0 heterocycles. The van der Waals surface area contributed by atoms with E-state index in [2.05, 4.69) is 21.2 Å². The largest absolute Gasteiger partial charge is 0.322 e. The summed E-state index contributed by atoms with van der Waals surface area (Å²) >= 11 is 9.48. The first kappa shape index (κ1) is 19.1. The van der Waals surface area contributed by atoms with Gasteiger partial charge in [-0.3, -0.25) is 9.59 Å². The van der Waals surface area contributed by atoms with Gasteiger partial charge in [0, 0.05) is 32.4 Å². The summed E-state index contributed by atoms with van der Waals surface area (Å²) in [5, 5.41) is 3.33. The van der Waals surface area contributed by atoms with Crippen molar-refractivity contribution in [2.45, 2.75) is 0 Å². The number of rotatable bonds is 5. The van der Waals surface area contributed by atoms with Crippen molar-refractivity contribution >= 4 is 51.0 Å². The molecule has 1 N–H and O–H groups in total. The molecule has 3 aromatic rings. The maximum atomic E-state index is 12.7. The first-order chi connectivity index (χ1) is 13.0. The second-order valence-corrected chi connectivity index (χ2v) is 7.00. The molecule has 0 aliphatic carbocycles. The minimum atomic E-state index is -0.310. The zero-order chi connectivity index (χ0) is 19.2. The van der Waals surface area contributed by atoms with Crippen molar-refractivity contribution in [2.75, 3.05) is 5.32 Å². The molecular formula is C22H15BrClNO2. The summed E-state index contributed by atoms with van der Waals surface area (Å²) in [6.07, 6.45) is 3.05. The number of ketones is 1. The Morgan fingerprint density at radius 1 is 0.926 bits per heavy atom. The Labute approximate surface area is 170 Å². The fourth-order valence-corrected chi connectivity index (χ4v) is 3.11. The number of carbonyl (C=O) groups excluding carboxylic acids is 2. The topological polar surface area (TPSA) is 46.2 Å². The predicted octanol–water partition coefficient (Wildman–Crippen LogP) is 5.99. The third kappa shape index (κ3) is 4.94.